The molecular weight excluding hydrogens is 218 g/mol. The molecule has 0 aliphatic heterocycles. The fourth-order valence-electron chi connectivity index (χ4n) is 1.71. The van der Waals surface area contributed by atoms with E-state index in [2.05, 4.69) is 29.7 Å². The van der Waals surface area contributed by atoms with Crippen LogP contribution in [-0.2, 0) is 13.5 Å². The molecule has 1 N–H and O–H groups in total. The minimum Gasteiger partial charge on any atom is -0.314 e. The molecule has 0 fully saturated rings. The zero-order chi connectivity index (χ0) is 11.8. The molecule has 0 saturated heterocycles. The second-order valence-electron chi connectivity index (χ2n) is 4.12. The lowest BCUT2D eigenvalue weighted by atomic mass is 10.1. The molecule has 92 valence electrons. The van der Waals surface area contributed by atoms with E-state index < -0.39 is 0 Å². The summed E-state index contributed by atoms with van der Waals surface area (Å²) in [6.07, 6.45) is 7.63. The van der Waals surface area contributed by atoms with Gasteiger partial charge in [0.25, 0.3) is 0 Å². The van der Waals surface area contributed by atoms with Crippen molar-refractivity contribution in [3.63, 3.8) is 0 Å². The van der Waals surface area contributed by atoms with Crippen LogP contribution in [0.1, 0.15) is 25.5 Å². The highest BCUT2D eigenvalue weighted by Gasteiger charge is 2.09. The lowest BCUT2D eigenvalue weighted by molar-refractivity contribution is 0.491. The van der Waals surface area contributed by atoms with E-state index >= 15 is 0 Å². The van der Waals surface area contributed by atoms with Crippen LogP contribution < -0.4 is 5.32 Å². The van der Waals surface area contributed by atoms with Crippen molar-refractivity contribution in [3.05, 3.63) is 18.0 Å². The van der Waals surface area contributed by atoms with Gasteiger partial charge in [-0.3, -0.25) is 4.68 Å². The van der Waals surface area contributed by atoms with Crippen LogP contribution in [0.5, 0.6) is 0 Å². The Morgan fingerprint density at radius 3 is 2.94 bits per heavy atom. The average molecular weight is 241 g/mol. The molecule has 1 atom stereocenters. The standard InChI is InChI=1S/C12H23N3S/c1-4-7-13-11(6-9-16-3)10-12-5-8-15(2)14-12/h5,8,11,13H,4,6-7,9-10H2,1-3H3. The number of hydrogen-bond donors (Lipinski definition) is 1. The van der Waals surface area contributed by atoms with E-state index in [4.69, 9.17) is 0 Å². The van der Waals surface area contributed by atoms with Crippen LogP contribution in [0, 0.1) is 0 Å². The fourth-order valence-corrected chi connectivity index (χ4v) is 2.23. The Morgan fingerprint density at radius 1 is 1.56 bits per heavy atom. The van der Waals surface area contributed by atoms with Gasteiger partial charge in [-0.1, -0.05) is 6.92 Å². The van der Waals surface area contributed by atoms with Gasteiger partial charge in [0.1, 0.15) is 0 Å². The quantitative estimate of drug-likeness (QED) is 0.756. The summed E-state index contributed by atoms with van der Waals surface area (Å²) in [6, 6.07) is 2.68. The lowest BCUT2D eigenvalue weighted by Crippen LogP contribution is -2.32. The first-order chi connectivity index (χ1) is 7.76. The second-order valence-corrected chi connectivity index (χ2v) is 5.10. The Kier molecular flexibility index (Phi) is 6.57. The Bertz CT molecular complexity index is 278. The fraction of sp³-hybridized carbons (Fsp3) is 0.750. The molecule has 4 heteroatoms. The number of aromatic nitrogens is 2. The minimum atomic E-state index is 0.572. The first kappa shape index (κ1) is 13.6. The van der Waals surface area contributed by atoms with Crippen molar-refractivity contribution >= 4 is 11.8 Å². The van der Waals surface area contributed by atoms with Crippen LogP contribution in [0.25, 0.3) is 0 Å². The monoisotopic (exact) mass is 241 g/mol. The normalized spacial score (nSPS) is 12.9. The summed E-state index contributed by atoms with van der Waals surface area (Å²) in [5.41, 5.74) is 1.19. The van der Waals surface area contributed by atoms with Crippen molar-refractivity contribution in [3.8, 4) is 0 Å². The van der Waals surface area contributed by atoms with E-state index in [0.29, 0.717) is 6.04 Å². The highest BCUT2D eigenvalue weighted by Crippen LogP contribution is 2.07. The van der Waals surface area contributed by atoms with Crippen LogP contribution in [0.2, 0.25) is 0 Å². The van der Waals surface area contributed by atoms with E-state index in [1.54, 1.807) is 0 Å². The number of nitrogens with zero attached hydrogens (tertiary/aromatic N) is 2. The number of aryl methyl sites for hydroxylation is 1. The number of rotatable bonds is 8. The summed E-state index contributed by atoms with van der Waals surface area (Å²) < 4.78 is 1.88. The number of hydrogen-bond acceptors (Lipinski definition) is 3. The van der Waals surface area contributed by atoms with Crippen LogP contribution in [0.15, 0.2) is 12.3 Å². The Balaban J connectivity index is 2.41. The molecule has 3 nitrogen and oxygen atoms in total. The molecule has 1 heterocycles. The van der Waals surface area contributed by atoms with Gasteiger partial charge in [0.05, 0.1) is 5.69 Å². The van der Waals surface area contributed by atoms with Crippen molar-refractivity contribution in [2.24, 2.45) is 7.05 Å². The molecule has 0 aromatic carbocycles. The molecule has 0 spiro atoms. The van der Waals surface area contributed by atoms with Crippen LogP contribution in [-0.4, -0.2) is 34.4 Å². The smallest absolute Gasteiger partial charge is 0.0640 e. The van der Waals surface area contributed by atoms with Gasteiger partial charge in [-0.2, -0.15) is 16.9 Å². The molecule has 0 radical (unpaired) electrons. The summed E-state index contributed by atoms with van der Waals surface area (Å²) in [4.78, 5) is 0. The van der Waals surface area contributed by atoms with E-state index in [1.165, 1.54) is 24.3 Å². The topological polar surface area (TPSA) is 29.9 Å². The molecule has 1 unspecified atom stereocenters. The summed E-state index contributed by atoms with van der Waals surface area (Å²) in [5.74, 6) is 1.22. The SMILES string of the molecule is CCCNC(CCSC)Cc1ccn(C)n1. The summed E-state index contributed by atoms with van der Waals surface area (Å²) >= 11 is 1.91. The van der Waals surface area contributed by atoms with Gasteiger partial charge in [0.15, 0.2) is 0 Å². The van der Waals surface area contributed by atoms with Crippen molar-refractivity contribution in [2.45, 2.75) is 32.2 Å². The third-order valence-electron chi connectivity index (χ3n) is 2.58. The van der Waals surface area contributed by atoms with Crippen molar-refractivity contribution in [1.82, 2.24) is 15.1 Å². The van der Waals surface area contributed by atoms with Crippen molar-refractivity contribution in [2.75, 3.05) is 18.6 Å². The maximum atomic E-state index is 4.44. The zero-order valence-electron chi connectivity index (χ0n) is 10.6. The van der Waals surface area contributed by atoms with Gasteiger partial charge < -0.3 is 5.32 Å². The van der Waals surface area contributed by atoms with Crippen LogP contribution >= 0.6 is 11.8 Å². The van der Waals surface area contributed by atoms with Gasteiger partial charge in [0.2, 0.25) is 0 Å². The maximum absolute atomic E-state index is 4.44. The average Bonchev–Trinajstić information content (AvgIpc) is 2.68. The van der Waals surface area contributed by atoms with Gasteiger partial charge in [-0.15, -0.1) is 0 Å². The molecule has 1 rings (SSSR count). The summed E-state index contributed by atoms with van der Waals surface area (Å²) in [6.45, 7) is 3.31. The first-order valence-electron chi connectivity index (χ1n) is 5.97. The highest BCUT2D eigenvalue weighted by molar-refractivity contribution is 7.98. The predicted molar refractivity (Wildman–Crippen MR) is 72.0 cm³/mol. The molecular formula is C12H23N3S. The van der Waals surface area contributed by atoms with E-state index in [-0.39, 0.29) is 0 Å². The van der Waals surface area contributed by atoms with Crippen LogP contribution in [0.4, 0.5) is 0 Å². The van der Waals surface area contributed by atoms with Gasteiger partial charge in [-0.25, -0.2) is 0 Å². The zero-order valence-corrected chi connectivity index (χ0v) is 11.4. The molecule has 1 aromatic rings. The van der Waals surface area contributed by atoms with Gasteiger partial charge in [0, 0.05) is 25.7 Å². The van der Waals surface area contributed by atoms with Gasteiger partial charge in [-0.05, 0) is 37.5 Å². The lowest BCUT2D eigenvalue weighted by Gasteiger charge is -2.16. The summed E-state index contributed by atoms with van der Waals surface area (Å²) in [7, 11) is 1.97. The molecule has 1 aromatic heterocycles. The predicted octanol–water partition coefficient (Wildman–Crippen LogP) is 2.08. The minimum absolute atomic E-state index is 0.572. The number of thioether (sulfide) groups is 1. The third kappa shape index (κ3) is 5.03. The largest absolute Gasteiger partial charge is 0.314 e. The number of nitrogens with one attached hydrogen (secondary N) is 1. The molecule has 0 aliphatic carbocycles. The maximum Gasteiger partial charge on any atom is 0.0640 e. The van der Waals surface area contributed by atoms with E-state index in [0.717, 1.165) is 13.0 Å². The molecule has 0 bridgehead atoms. The van der Waals surface area contributed by atoms with E-state index in [1.807, 2.05) is 29.7 Å². The van der Waals surface area contributed by atoms with Crippen molar-refractivity contribution < 1.29 is 0 Å². The van der Waals surface area contributed by atoms with Crippen LogP contribution in [0.3, 0.4) is 0 Å². The molecule has 0 amide bonds. The molecule has 16 heavy (non-hydrogen) atoms. The third-order valence-corrected chi connectivity index (χ3v) is 3.22. The summed E-state index contributed by atoms with van der Waals surface area (Å²) in [5, 5.41) is 8.04. The molecule has 0 saturated carbocycles. The first-order valence-corrected chi connectivity index (χ1v) is 7.36. The van der Waals surface area contributed by atoms with E-state index in [9.17, 15) is 0 Å². The van der Waals surface area contributed by atoms with Crippen molar-refractivity contribution in [1.29, 1.82) is 0 Å². The van der Waals surface area contributed by atoms with Gasteiger partial charge >= 0.3 is 0 Å². The Hall–Kier alpha value is -0.480. The second kappa shape index (κ2) is 7.74. The molecule has 0 aliphatic rings. The Labute approximate surface area is 103 Å². The Morgan fingerprint density at radius 2 is 2.38 bits per heavy atom. The highest BCUT2D eigenvalue weighted by atomic mass is 32.2.